The Balaban J connectivity index is 1.87. The maximum absolute atomic E-state index is 12.6. The van der Waals surface area contributed by atoms with Crippen LogP contribution in [0, 0.1) is 0 Å². The number of nitrogens with one attached hydrogen (secondary N) is 1. The lowest BCUT2D eigenvalue weighted by molar-refractivity contribution is -0.154. The molecule has 0 atom stereocenters. The molecule has 0 fully saturated rings. The van der Waals surface area contributed by atoms with E-state index in [9.17, 15) is 19.2 Å². The van der Waals surface area contributed by atoms with Crippen molar-refractivity contribution in [2.24, 2.45) is 0 Å². The molecular formula is C21H25NO5. The first-order chi connectivity index (χ1) is 12.6. The lowest BCUT2D eigenvalue weighted by atomic mass is 9.83. The van der Waals surface area contributed by atoms with Crippen molar-refractivity contribution < 1.29 is 23.9 Å². The molecule has 1 aromatic carbocycles. The Morgan fingerprint density at radius 3 is 2.22 bits per heavy atom. The fourth-order valence-corrected chi connectivity index (χ4v) is 2.91. The van der Waals surface area contributed by atoms with Crippen molar-refractivity contribution in [3.63, 3.8) is 0 Å². The highest BCUT2D eigenvalue weighted by Crippen LogP contribution is 2.28. The summed E-state index contributed by atoms with van der Waals surface area (Å²) in [7, 11) is 0. The number of hydrogen-bond acceptors (Lipinski definition) is 5. The third-order valence-electron chi connectivity index (χ3n) is 4.16. The van der Waals surface area contributed by atoms with Crippen molar-refractivity contribution in [1.29, 1.82) is 0 Å². The van der Waals surface area contributed by atoms with Crippen LogP contribution in [-0.2, 0) is 14.3 Å². The molecule has 0 saturated carbocycles. The maximum atomic E-state index is 12.6. The molecular weight excluding hydrogens is 346 g/mol. The molecule has 144 valence electrons. The molecule has 0 spiro atoms. The van der Waals surface area contributed by atoms with E-state index in [-0.39, 0.29) is 30.4 Å². The molecule has 0 unspecified atom stereocenters. The molecule has 0 aliphatic heterocycles. The fraction of sp³-hybridized carbons (Fsp3) is 0.429. The van der Waals surface area contributed by atoms with Crippen LogP contribution in [0.15, 0.2) is 35.4 Å². The summed E-state index contributed by atoms with van der Waals surface area (Å²) in [4.78, 5) is 48.5. The van der Waals surface area contributed by atoms with Gasteiger partial charge in [-0.05, 0) is 40.5 Å². The average molecular weight is 371 g/mol. The molecule has 0 aromatic heterocycles. The first-order valence-corrected chi connectivity index (χ1v) is 8.97. The number of allylic oxidation sites excluding steroid dienone is 2. The Hall–Kier alpha value is -2.76. The number of amides is 1. The standard InChI is InChI=1S/C21H25NO5/c1-13-14(20(26)16-9-6-5-8-15(16)19(13)25)10-7-11-17(23)22-12-18(24)27-21(2,3)4/h5-6,8-9H,7,10-12H2,1-4H3,(H,22,23). The highest BCUT2D eigenvalue weighted by atomic mass is 16.6. The third kappa shape index (κ3) is 5.36. The lowest BCUT2D eigenvalue weighted by Crippen LogP contribution is -2.34. The van der Waals surface area contributed by atoms with Gasteiger partial charge in [-0.25, -0.2) is 0 Å². The van der Waals surface area contributed by atoms with Gasteiger partial charge in [-0.2, -0.15) is 0 Å². The fourth-order valence-electron chi connectivity index (χ4n) is 2.91. The Kier molecular flexibility index (Phi) is 6.31. The van der Waals surface area contributed by atoms with Gasteiger partial charge in [0.1, 0.15) is 12.1 Å². The number of fused-ring (bicyclic) bond motifs is 1. The van der Waals surface area contributed by atoms with Crippen LogP contribution < -0.4 is 5.32 Å². The van der Waals surface area contributed by atoms with Crippen LogP contribution >= 0.6 is 0 Å². The Bertz CT molecular complexity index is 814. The third-order valence-corrected chi connectivity index (χ3v) is 4.16. The van der Waals surface area contributed by atoms with E-state index in [0.29, 0.717) is 35.1 Å². The molecule has 1 amide bonds. The van der Waals surface area contributed by atoms with Crippen molar-refractivity contribution in [3.8, 4) is 0 Å². The smallest absolute Gasteiger partial charge is 0.325 e. The number of carbonyl (C=O) groups excluding carboxylic acids is 4. The molecule has 1 aliphatic carbocycles. The molecule has 1 N–H and O–H groups in total. The first-order valence-electron chi connectivity index (χ1n) is 8.97. The summed E-state index contributed by atoms with van der Waals surface area (Å²) >= 11 is 0. The number of esters is 1. The molecule has 1 aliphatic rings. The number of ether oxygens (including phenoxy) is 1. The number of benzene rings is 1. The Morgan fingerprint density at radius 2 is 1.63 bits per heavy atom. The summed E-state index contributed by atoms with van der Waals surface area (Å²) in [5, 5.41) is 2.51. The summed E-state index contributed by atoms with van der Waals surface area (Å²) in [6.07, 6.45) is 0.904. The van der Waals surface area contributed by atoms with E-state index in [1.165, 1.54) is 0 Å². The van der Waals surface area contributed by atoms with Gasteiger partial charge in [0.15, 0.2) is 11.6 Å². The molecule has 6 nitrogen and oxygen atoms in total. The van der Waals surface area contributed by atoms with Crippen LogP contribution in [-0.4, -0.2) is 35.6 Å². The molecule has 0 heterocycles. The van der Waals surface area contributed by atoms with Crippen molar-refractivity contribution in [2.45, 2.75) is 52.6 Å². The van der Waals surface area contributed by atoms with Gasteiger partial charge in [0.05, 0.1) is 0 Å². The van der Waals surface area contributed by atoms with E-state index in [2.05, 4.69) is 5.32 Å². The number of rotatable bonds is 6. The van der Waals surface area contributed by atoms with Gasteiger partial charge in [-0.3, -0.25) is 19.2 Å². The van der Waals surface area contributed by atoms with Crippen molar-refractivity contribution in [3.05, 3.63) is 46.5 Å². The van der Waals surface area contributed by atoms with E-state index in [4.69, 9.17) is 4.74 Å². The second-order valence-corrected chi connectivity index (χ2v) is 7.52. The summed E-state index contributed by atoms with van der Waals surface area (Å²) < 4.78 is 5.12. The van der Waals surface area contributed by atoms with E-state index in [0.717, 1.165) is 0 Å². The number of carbonyl (C=O) groups is 4. The average Bonchev–Trinajstić information content (AvgIpc) is 2.59. The minimum Gasteiger partial charge on any atom is -0.459 e. The minimum atomic E-state index is -0.601. The van der Waals surface area contributed by atoms with E-state index < -0.39 is 11.6 Å². The van der Waals surface area contributed by atoms with Gasteiger partial charge in [-0.15, -0.1) is 0 Å². The van der Waals surface area contributed by atoms with Gasteiger partial charge in [0.25, 0.3) is 0 Å². The van der Waals surface area contributed by atoms with Crippen LogP contribution in [0.1, 0.15) is 67.7 Å². The van der Waals surface area contributed by atoms with Crippen LogP contribution in [0.2, 0.25) is 0 Å². The summed E-state index contributed by atoms with van der Waals surface area (Å²) in [5.74, 6) is -1.10. The van der Waals surface area contributed by atoms with Gasteiger partial charge in [-0.1, -0.05) is 24.3 Å². The topological polar surface area (TPSA) is 89.5 Å². The molecule has 0 radical (unpaired) electrons. The maximum Gasteiger partial charge on any atom is 0.325 e. The Morgan fingerprint density at radius 1 is 1.04 bits per heavy atom. The zero-order valence-corrected chi connectivity index (χ0v) is 16.2. The van der Waals surface area contributed by atoms with E-state index in [1.807, 2.05) is 0 Å². The second-order valence-electron chi connectivity index (χ2n) is 7.52. The number of hydrogen-bond donors (Lipinski definition) is 1. The highest BCUT2D eigenvalue weighted by molar-refractivity contribution is 6.26. The van der Waals surface area contributed by atoms with Crippen LogP contribution in [0.4, 0.5) is 0 Å². The normalized spacial score (nSPS) is 14.1. The first kappa shape index (κ1) is 20.6. The largest absolute Gasteiger partial charge is 0.459 e. The molecule has 0 bridgehead atoms. The van der Waals surface area contributed by atoms with Gasteiger partial charge < -0.3 is 10.1 Å². The number of ketones is 2. The predicted molar refractivity (Wildman–Crippen MR) is 101 cm³/mol. The summed E-state index contributed by atoms with van der Waals surface area (Å²) in [5.41, 5.74) is 1.14. The molecule has 0 saturated heterocycles. The van der Waals surface area contributed by atoms with Crippen LogP contribution in [0.25, 0.3) is 0 Å². The van der Waals surface area contributed by atoms with Crippen molar-refractivity contribution in [2.75, 3.05) is 6.54 Å². The van der Waals surface area contributed by atoms with E-state index >= 15 is 0 Å². The molecule has 1 aromatic rings. The Labute approximate surface area is 159 Å². The highest BCUT2D eigenvalue weighted by Gasteiger charge is 2.29. The second kappa shape index (κ2) is 8.29. The van der Waals surface area contributed by atoms with Crippen LogP contribution in [0.3, 0.4) is 0 Å². The quantitative estimate of drug-likeness (QED) is 0.777. The lowest BCUT2D eigenvalue weighted by Gasteiger charge is -2.19. The van der Waals surface area contributed by atoms with E-state index in [1.54, 1.807) is 52.0 Å². The number of Topliss-reactive ketones (excluding diaryl/α,β-unsaturated/α-hetero) is 2. The van der Waals surface area contributed by atoms with Crippen LogP contribution in [0.5, 0.6) is 0 Å². The summed E-state index contributed by atoms with van der Waals surface area (Å²) in [6, 6.07) is 6.76. The monoisotopic (exact) mass is 371 g/mol. The minimum absolute atomic E-state index is 0.144. The zero-order valence-electron chi connectivity index (χ0n) is 16.2. The van der Waals surface area contributed by atoms with Crippen molar-refractivity contribution in [1.82, 2.24) is 5.32 Å². The zero-order chi connectivity index (χ0) is 20.2. The van der Waals surface area contributed by atoms with Gasteiger partial charge in [0, 0.05) is 28.7 Å². The van der Waals surface area contributed by atoms with Gasteiger partial charge in [0.2, 0.25) is 5.91 Å². The predicted octanol–water partition coefficient (Wildman–Crippen LogP) is 3.01. The summed E-state index contributed by atoms with van der Waals surface area (Å²) in [6.45, 7) is 6.72. The molecule has 2 rings (SSSR count). The van der Waals surface area contributed by atoms with Crippen molar-refractivity contribution >= 4 is 23.4 Å². The molecule has 27 heavy (non-hydrogen) atoms. The SMILES string of the molecule is CC1=C(CCCC(=O)NCC(=O)OC(C)(C)C)C(=O)c2ccccc2C1=O. The molecule has 6 heteroatoms. The van der Waals surface area contributed by atoms with Gasteiger partial charge >= 0.3 is 5.97 Å².